The average Bonchev–Trinajstić information content (AvgIpc) is 2.12. The molecule has 50 valence electrons. The Morgan fingerprint density at radius 3 is 2.78 bits per heavy atom. The maximum Gasteiger partial charge on any atom is 0.345 e. The maximum absolute atomic E-state index is 10.6. The van der Waals surface area contributed by atoms with Crippen molar-refractivity contribution in [3.63, 3.8) is 0 Å². The van der Waals surface area contributed by atoms with E-state index >= 15 is 0 Å². The van der Waals surface area contributed by atoms with Crippen molar-refractivity contribution >= 4 is 11.8 Å². The quantitative estimate of drug-likeness (QED) is 0.499. The second kappa shape index (κ2) is 2.05. The van der Waals surface area contributed by atoms with Gasteiger partial charge in [-0.3, -0.25) is 0 Å². The number of nitrogens with zero attached hydrogens (tertiary/aromatic N) is 1. The predicted octanol–water partition coefficient (Wildman–Crippen LogP) is -0.158. The largest absolute Gasteiger partial charge is 0.384 e. The summed E-state index contributed by atoms with van der Waals surface area (Å²) in [4.78, 5) is 14.9. The molecule has 0 amide bonds. The molecule has 4 heteroatoms. The van der Waals surface area contributed by atoms with Crippen LogP contribution >= 0.6 is 0 Å². The van der Waals surface area contributed by atoms with Crippen molar-refractivity contribution in [3.8, 4) is 0 Å². The van der Waals surface area contributed by atoms with Gasteiger partial charge in [0.1, 0.15) is 5.92 Å². The van der Waals surface area contributed by atoms with Gasteiger partial charge >= 0.3 is 5.97 Å². The summed E-state index contributed by atoms with van der Waals surface area (Å²) < 4.78 is 0. The third-order valence-electron chi connectivity index (χ3n) is 1.29. The van der Waals surface area contributed by atoms with Crippen molar-refractivity contribution in [1.82, 2.24) is 0 Å². The molecule has 1 heterocycles. The molecule has 9 heavy (non-hydrogen) atoms. The van der Waals surface area contributed by atoms with Crippen molar-refractivity contribution in [2.45, 2.75) is 13.3 Å². The normalized spacial score (nSPS) is 25.7. The Labute approximate surface area is 52.7 Å². The number of nitrogens with two attached hydrogens (primary N) is 1. The molecule has 0 saturated heterocycles. The predicted molar refractivity (Wildman–Crippen MR) is 31.5 cm³/mol. The second-order valence-corrected chi connectivity index (χ2v) is 1.89. The zero-order valence-electron chi connectivity index (χ0n) is 5.13. The summed E-state index contributed by atoms with van der Waals surface area (Å²) in [6.07, 6.45) is 0.661. The summed E-state index contributed by atoms with van der Waals surface area (Å²) >= 11 is 0. The number of hydrogen-bond donors (Lipinski definition) is 1. The van der Waals surface area contributed by atoms with E-state index in [-0.39, 0.29) is 11.9 Å². The number of hydrogen-bond acceptors (Lipinski definition) is 4. The lowest BCUT2D eigenvalue weighted by molar-refractivity contribution is -0.143. The molecule has 4 nitrogen and oxygen atoms in total. The molecule has 0 aliphatic carbocycles. The van der Waals surface area contributed by atoms with Gasteiger partial charge in [-0.25, -0.2) is 4.79 Å². The molecule has 1 aliphatic heterocycles. The number of carbonyl (C=O) groups excluding carboxylic acids is 1. The fraction of sp³-hybridized carbons (Fsp3) is 0.600. The molecular weight excluding hydrogens is 120 g/mol. The molecule has 0 aromatic rings. The van der Waals surface area contributed by atoms with Gasteiger partial charge in [-0.2, -0.15) is 0 Å². The van der Waals surface area contributed by atoms with Crippen LogP contribution in [0.3, 0.4) is 0 Å². The van der Waals surface area contributed by atoms with E-state index in [1.54, 1.807) is 0 Å². The lowest BCUT2D eigenvalue weighted by Gasteiger charge is -1.97. The average molecular weight is 128 g/mol. The van der Waals surface area contributed by atoms with Crippen LogP contribution < -0.4 is 5.73 Å². The Morgan fingerprint density at radius 1 is 1.89 bits per heavy atom. The summed E-state index contributed by atoms with van der Waals surface area (Å²) in [6.45, 7) is 1.86. The topological polar surface area (TPSA) is 64.7 Å². The third-order valence-corrected chi connectivity index (χ3v) is 1.29. The van der Waals surface area contributed by atoms with E-state index < -0.39 is 0 Å². The van der Waals surface area contributed by atoms with Crippen LogP contribution in [0.2, 0.25) is 0 Å². The monoisotopic (exact) mass is 128 g/mol. The summed E-state index contributed by atoms with van der Waals surface area (Å²) in [5, 5.41) is 3.31. The first-order chi connectivity index (χ1) is 4.25. The number of rotatable bonds is 1. The van der Waals surface area contributed by atoms with Crippen LogP contribution in [0.4, 0.5) is 0 Å². The minimum Gasteiger partial charge on any atom is -0.384 e. The van der Waals surface area contributed by atoms with E-state index in [4.69, 9.17) is 5.73 Å². The second-order valence-electron chi connectivity index (χ2n) is 1.89. The van der Waals surface area contributed by atoms with Gasteiger partial charge in [0.2, 0.25) is 0 Å². The molecular formula is C5H8N2O2. The van der Waals surface area contributed by atoms with E-state index in [9.17, 15) is 4.79 Å². The first-order valence-electron chi connectivity index (χ1n) is 2.80. The van der Waals surface area contributed by atoms with Gasteiger partial charge in [0.25, 0.3) is 0 Å². The number of carbonyl (C=O) groups is 1. The Hall–Kier alpha value is -1.06. The molecule has 0 bridgehead atoms. The molecule has 0 saturated carbocycles. The van der Waals surface area contributed by atoms with E-state index in [1.807, 2.05) is 6.92 Å². The van der Waals surface area contributed by atoms with Gasteiger partial charge in [-0.05, 0) is 6.42 Å². The van der Waals surface area contributed by atoms with Crippen molar-refractivity contribution in [1.29, 1.82) is 0 Å². The Morgan fingerprint density at radius 2 is 2.56 bits per heavy atom. The lowest BCUT2D eigenvalue weighted by Crippen LogP contribution is -2.23. The minimum atomic E-state index is -0.338. The fourth-order valence-corrected chi connectivity index (χ4v) is 0.721. The van der Waals surface area contributed by atoms with Crippen LogP contribution in [-0.4, -0.2) is 11.8 Å². The highest BCUT2D eigenvalue weighted by molar-refractivity contribution is 6.02. The minimum absolute atomic E-state index is 0.294. The smallest absolute Gasteiger partial charge is 0.345 e. The van der Waals surface area contributed by atoms with Crippen LogP contribution in [0.5, 0.6) is 0 Å². The Bertz CT molecular complexity index is 164. The fourth-order valence-electron chi connectivity index (χ4n) is 0.721. The molecule has 0 spiro atoms. The van der Waals surface area contributed by atoms with E-state index in [2.05, 4.69) is 9.99 Å². The highest BCUT2D eigenvalue weighted by Crippen LogP contribution is 2.11. The van der Waals surface area contributed by atoms with Gasteiger partial charge in [-0.15, -0.1) is 0 Å². The molecule has 0 aromatic heterocycles. The Balaban J connectivity index is 2.67. The SMILES string of the molecule is CCC1C(=O)ON=C1N. The molecule has 2 N–H and O–H groups in total. The van der Waals surface area contributed by atoms with Crippen LogP contribution in [0.1, 0.15) is 13.3 Å². The van der Waals surface area contributed by atoms with Crippen LogP contribution in [0, 0.1) is 5.92 Å². The van der Waals surface area contributed by atoms with E-state index in [0.717, 1.165) is 0 Å². The van der Waals surface area contributed by atoms with Crippen LogP contribution in [-0.2, 0) is 9.63 Å². The third kappa shape index (κ3) is 0.872. The van der Waals surface area contributed by atoms with Crippen LogP contribution in [0.25, 0.3) is 0 Å². The molecule has 0 fully saturated rings. The van der Waals surface area contributed by atoms with E-state index in [1.165, 1.54) is 0 Å². The highest BCUT2D eigenvalue weighted by atomic mass is 16.7. The maximum atomic E-state index is 10.6. The number of amidine groups is 1. The van der Waals surface area contributed by atoms with Crippen LogP contribution in [0.15, 0.2) is 5.16 Å². The highest BCUT2D eigenvalue weighted by Gasteiger charge is 2.28. The summed E-state index contributed by atoms with van der Waals surface area (Å²) in [5.41, 5.74) is 5.28. The molecule has 1 rings (SSSR count). The molecule has 1 aliphatic rings. The standard InChI is InChI=1S/C5H8N2O2/c1-2-3-4(6)7-9-5(3)8/h3H,2H2,1H3,(H2,6,7). The van der Waals surface area contributed by atoms with Gasteiger partial charge in [0.15, 0.2) is 5.84 Å². The molecule has 0 radical (unpaired) electrons. The lowest BCUT2D eigenvalue weighted by atomic mass is 10.1. The van der Waals surface area contributed by atoms with Crippen molar-refractivity contribution in [2.75, 3.05) is 0 Å². The van der Waals surface area contributed by atoms with Crippen molar-refractivity contribution < 1.29 is 9.63 Å². The van der Waals surface area contributed by atoms with Gasteiger partial charge in [0, 0.05) is 0 Å². The molecule has 0 aromatic carbocycles. The first kappa shape index (κ1) is 6.07. The summed E-state index contributed by atoms with van der Waals surface area (Å²) in [6, 6.07) is 0. The summed E-state index contributed by atoms with van der Waals surface area (Å²) in [7, 11) is 0. The summed E-state index contributed by atoms with van der Waals surface area (Å²) in [5.74, 6) is -0.345. The van der Waals surface area contributed by atoms with E-state index in [0.29, 0.717) is 12.3 Å². The number of oxime groups is 1. The first-order valence-corrected chi connectivity index (χ1v) is 2.80. The zero-order valence-corrected chi connectivity index (χ0v) is 5.13. The van der Waals surface area contributed by atoms with Gasteiger partial charge in [0.05, 0.1) is 0 Å². The van der Waals surface area contributed by atoms with Crippen molar-refractivity contribution in [3.05, 3.63) is 0 Å². The Kier molecular flexibility index (Phi) is 1.38. The van der Waals surface area contributed by atoms with Crippen molar-refractivity contribution in [2.24, 2.45) is 16.8 Å². The van der Waals surface area contributed by atoms with Gasteiger partial charge < -0.3 is 10.6 Å². The molecule has 1 atom stereocenters. The zero-order chi connectivity index (χ0) is 6.85. The van der Waals surface area contributed by atoms with Gasteiger partial charge in [-0.1, -0.05) is 12.1 Å². The molecule has 1 unspecified atom stereocenters.